The first-order chi connectivity index (χ1) is 8.54. The Balaban J connectivity index is 2.38. The zero-order chi connectivity index (χ0) is 13.3. The summed E-state index contributed by atoms with van der Waals surface area (Å²) in [6.45, 7) is 5.51. The average molecular weight is 254 g/mol. The second kappa shape index (κ2) is 4.88. The number of carboxylic acid groups (broad SMARTS) is 1. The molecule has 0 aromatic carbocycles. The summed E-state index contributed by atoms with van der Waals surface area (Å²) < 4.78 is 0. The minimum atomic E-state index is -1.02. The Morgan fingerprint density at radius 2 is 2.17 bits per heavy atom. The van der Waals surface area contributed by atoms with E-state index in [9.17, 15) is 14.7 Å². The van der Waals surface area contributed by atoms with E-state index in [2.05, 4.69) is 4.90 Å². The van der Waals surface area contributed by atoms with Gasteiger partial charge in [-0.3, -0.25) is 9.69 Å². The molecule has 2 atom stereocenters. The van der Waals surface area contributed by atoms with Crippen LogP contribution in [0.15, 0.2) is 0 Å². The van der Waals surface area contributed by atoms with Crippen molar-refractivity contribution in [2.45, 2.75) is 57.2 Å². The molecule has 0 spiro atoms. The van der Waals surface area contributed by atoms with E-state index in [1.54, 1.807) is 0 Å². The Bertz CT molecular complexity index is 345. The van der Waals surface area contributed by atoms with E-state index in [1.165, 1.54) is 4.90 Å². The summed E-state index contributed by atoms with van der Waals surface area (Å²) in [5.41, 5.74) is -1.02. The van der Waals surface area contributed by atoms with E-state index in [0.29, 0.717) is 6.42 Å². The molecule has 2 rings (SSSR count). The van der Waals surface area contributed by atoms with Crippen LogP contribution in [0.4, 0.5) is 0 Å². The lowest BCUT2D eigenvalue weighted by molar-refractivity contribution is -0.159. The van der Waals surface area contributed by atoms with Crippen molar-refractivity contribution in [1.29, 1.82) is 0 Å². The molecule has 0 bridgehead atoms. The standard InChI is InChI=1S/C13H22N2O3/c1-10(2)15(9-16)13(12(17)18)6-8-14-7-4-3-5-11(13)14/h9-11H,3-8H2,1-2H3,(H,17,18). The molecule has 0 radical (unpaired) electrons. The lowest BCUT2D eigenvalue weighted by atomic mass is 9.83. The average Bonchev–Trinajstić information content (AvgIpc) is 2.71. The van der Waals surface area contributed by atoms with E-state index >= 15 is 0 Å². The second-order valence-corrected chi connectivity index (χ2v) is 5.63. The summed E-state index contributed by atoms with van der Waals surface area (Å²) in [5.74, 6) is -0.849. The fourth-order valence-electron chi connectivity index (χ4n) is 3.62. The van der Waals surface area contributed by atoms with Gasteiger partial charge in [-0.25, -0.2) is 4.79 Å². The molecule has 2 fully saturated rings. The normalized spacial score (nSPS) is 32.3. The highest BCUT2D eigenvalue weighted by molar-refractivity contribution is 5.83. The smallest absolute Gasteiger partial charge is 0.331 e. The second-order valence-electron chi connectivity index (χ2n) is 5.63. The minimum Gasteiger partial charge on any atom is -0.479 e. The number of carbonyl (C=O) groups is 2. The van der Waals surface area contributed by atoms with Crippen LogP contribution >= 0.6 is 0 Å². The van der Waals surface area contributed by atoms with Crippen LogP contribution in [0.5, 0.6) is 0 Å². The van der Waals surface area contributed by atoms with E-state index in [-0.39, 0.29) is 12.1 Å². The fourth-order valence-corrected chi connectivity index (χ4v) is 3.62. The number of nitrogens with zero attached hydrogens (tertiary/aromatic N) is 2. The minimum absolute atomic E-state index is 0.0173. The Morgan fingerprint density at radius 3 is 2.72 bits per heavy atom. The molecule has 0 aromatic rings. The maximum absolute atomic E-state index is 11.9. The van der Waals surface area contributed by atoms with E-state index in [1.807, 2.05) is 13.8 Å². The SMILES string of the molecule is CC(C)N(C=O)C1(C(=O)O)CCN2CCCCC21. The summed E-state index contributed by atoms with van der Waals surface area (Å²) in [5, 5.41) is 9.73. The van der Waals surface area contributed by atoms with Crippen LogP contribution in [0.3, 0.4) is 0 Å². The molecular weight excluding hydrogens is 232 g/mol. The van der Waals surface area contributed by atoms with E-state index in [0.717, 1.165) is 38.8 Å². The molecule has 2 unspecified atom stereocenters. The monoisotopic (exact) mass is 254 g/mol. The van der Waals surface area contributed by atoms with Gasteiger partial charge in [0, 0.05) is 18.6 Å². The van der Waals surface area contributed by atoms with Gasteiger partial charge in [-0.05, 0) is 39.7 Å². The summed E-state index contributed by atoms with van der Waals surface area (Å²) in [4.78, 5) is 27.0. The number of hydrogen-bond donors (Lipinski definition) is 1. The zero-order valence-corrected chi connectivity index (χ0v) is 11.1. The quantitative estimate of drug-likeness (QED) is 0.758. The molecule has 18 heavy (non-hydrogen) atoms. The molecule has 2 aliphatic rings. The number of amides is 1. The van der Waals surface area contributed by atoms with Crippen molar-refractivity contribution in [3.8, 4) is 0 Å². The molecule has 0 aromatic heterocycles. The number of carboxylic acids is 1. The van der Waals surface area contributed by atoms with Crippen molar-refractivity contribution >= 4 is 12.4 Å². The fraction of sp³-hybridized carbons (Fsp3) is 0.846. The number of fused-ring (bicyclic) bond motifs is 1. The number of carbonyl (C=O) groups excluding carboxylic acids is 1. The highest BCUT2D eigenvalue weighted by Crippen LogP contribution is 2.40. The lowest BCUT2D eigenvalue weighted by Gasteiger charge is -2.45. The van der Waals surface area contributed by atoms with Crippen molar-refractivity contribution in [3.05, 3.63) is 0 Å². The van der Waals surface area contributed by atoms with Crippen LogP contribution in [0.1, 0.15) is 39.5 Å². The van der Waals surface area contributed by atoms with Crippen molar-refractivity contribution in [1.82, 2.24) is 9.80 Å². The van der Waals surface area contributed by atoms with E-state index in [4.69, 9.17) is 0 Å². The number of piperidine rings is 1. The number of rotatable bonds is 4. The molecule has 2 aliphatic heterocycles. The van der Waals surface area contributed by atoms with Crippen LogP contribution in [0, 0.1) is 0 Å². The van der Waals surface area contributed by atoms with Crippen LogP contribution in [-0.4, -0.2) is 58.0 Å². The molecule has 5 nitrogen and oxygen atoms in total. The highest BCUT2D eigenvalue weighted by atomic mass is 16.4. The maximum atomic E-state index is 11.9. The first kappa shape index (κ1) is 13.3. The number of hydrogen-bond acceptors (Lipinski definition) is 3. The van der Waals surface area contributed by atoms with E-state index < -0.39 is 11.5 Å². The Labute approximate surface area is 108 Å². The topological polar surface area (TPSA) is 60.9 Å². The van der Waals surface area contributed by atoms with Crippen LogP contribution in [-0.2, 0) is 9.59 Å². The maximum Gasteiger partial charge on any atom is 0.331 e. The van der Waals surface area contributed by atoms with Gasteiger partial charge in [0.1, 0.15) is 0 Å². The zero-order valence-electron chi connectivity index (χ0n) is 11.1. The number of aliphatic carboxylic acids is 1. The molecule has 0 aliphatic carbocycles. The van der Waals surface area contributed by atoms with Crippen molar-refractivity contribution in [3.63, 3.8) is 0 Å². The van der Waals surface area contributed by atoms with Crippen molar-refractivity contribution in [2.24, 2.45) is 0 Å². The van der Waals surface area contributed by atoms with Gasteiger partial charge in [-0.2, -0.15) is 0 Å². The van der Waals surface area contributed by atoms with Crippen LogP contribution in [0.2, 0.25) is 0 Å². The first-order valence-electron chi connectivity index (χ1n) is 6.75. The third kappa shape index (κ3) is 1.81. The van der Waals surface area contributed by atoms with Gasteiger partial charge >= 0.3 is 5.97 Å². The largest absolute Gasteiger partial charge is 0.479 e. The van der Waals surface area contributed by atoms with Gasteiger partial charge in [-0.15, -0.1) is 0 Å². The van der Waals surface area contributed by atoms with Gasteiger partial charge in [-0.1, -0.05) is 6.42 Å². The summed E-state index contributed by atoms with van der Waals surface area (Å²) in [6, 6.07) is -0.100. The van der Waals surface area contributed by atoms with Crippen molar-refractivity contribution < 1.29 is 14.7 Å². The summed E-state index contributed by atoms with van der Waals surface area (Å²) in [6.07, 6.45) is 4.33. The Kier molecular flexibility index (Phi) is 3.61. The summed E-state index contributed by atoms with van der Waals surface area (Å²) >= 11 is 0. The predicted molar refractivity (Wildman–Crippen MR) is 67.2 cm³/mol. The van der Waals surface area contributed by atoms with Crippen molar-refractivity contribution in [2.75, 3.05) is 13.1 Å². The summed E-state index contributed by atoms with van der Waals surface area (Å²) in [7, 11) is 0. The first-order valence-corrected chi connectivity index (χ1v) is 6.75. The molecule has 2 saturated heterocycles. The van der Waals surface area contributed by atoms with Gasteiger partial charge < -0.3 is 10.0 Å². The molecular formula is C13H22N2O3. The van der Waals surface area contributed by atoms with Gasteiger partial charge in [0.15, 0.2) is 5.54 Å². The Hall–Kier alpha value is -1.10. The lowest BCUT2D eigenvalue weighted by Crippen LogP contribution is -2.63. The highest BCUT2D eigenvalue weighted by Gasteiger charge is 2.57. The van der Waals surface area contributed by atoms with Gasteiger partial charge in [0.2, 0.25) is 6.41 Å². The van der Waals surface area contributed by atoms with Gasteiger partial charge in [0.25, 0.3) is 0 Å². The molecule has 0 saturated carbocycles. The molecule has 5 heteroatoms. The third-order valence-electron chi connectivity index (χ3n) is 4.45. The molecule has 1 amide bonds. The van der Waals surface area contributed by atoms with Gasteiger partial charge in [0.05, 0.1) is 0 Å². The Morgan fingerprint density at radius 1 is 1.44 bits per heavy atom. The third-order valence-corrected chi connectivity index (χ3v) is 4.45. The molecule has 2 heterocycles. The van der Waals surface area contributed by atoms with Crippen LogP contribution < -0.4 is 0 Å². The predicted octanol–water partition coefficient (Wildman–Crippen LogP) is 0.935. The molecule has 1 N–H and O–H groups in total. The molecule has 102 valence electrons. The van der Waals surface area contributed by atoms with Crippen LogP contribution in [0.25, 0.3) is 0 Å².